The molecule has 2 aliphatic carbocycles. The van der Waals surface area contributed by atoms with Crippen LogP contribution in [0.4, 0.5) is 0 Å². The highest BCUT2D eigenvalue weighted by molar-refractivity contribution is 5.03. The zero-order valence-electron chi connectivity index (χ0n) is 11.5. The maximum absolute atomic E-state index is 9.89. The Morgan fingerprint density at radius 2 is 2.06 bits per heavy atom. The van der Waals surface area contributed by atoms with Gasteiger partial charge in [0.2, 0.25) is 0 Å². The summed E-state index contributed by atoms with van der Waals surface area (Å²) in [6, 6.07) is 0. The van der Waals surface area contributed by atoms with Gasteiger partial charge in [-0.15, -0.1) is 0 Å². The van der Waals surface area contributed by atoms with Gasteiger partial charge in [-0.2, -0.15) is 0 Å². The van der Waals surface area contributed by atoms with Gasteiger partial charge in [-0.05, 0) is 56.3 Å². The Morgan fingerprint density at radius 3 is 2.59 bits per heavy atom. The zero-order valence-corrected chi connectivity index (χ0v) is 11.5. The number of ether oxygens (including phenoxy) is 1. The van der Waals surface area contributed by atoms with E-state index in [0.29, 0.717) is 17.4 Å². The van der Waals surface area contributed by atoms with Crippen molar-refractivity contribution in [3.8, 4) is 0 Å². The first-order valence-electron chi connectivity index (χ1n) is 7.42. The molecule has 0 spiro atoms. The van der Waals surface area contributed by atoms with Gasteiger partial charge in [0.05, 0.1) is 12.2 Å². The van der Waals surface area contributed by atoms with Gasteiger partial charge in [0.25, 0.3) is 0 Å². The van der Waals surface area contributed by atoms with E-state index in [-0.39, 0.29) is 6.10 Å². The van der Waals surface area contributed by atoms with Crippen molar-refractivity contribution in [2.45, 2.75) is 76.9 Å². The van der Waals surface area contributed by atoms with Crippen LogP contribution < -0.4 is 0 Å². The molecule has 2 fully saturated rings. The van der Waals surface area contributed by atoms with Crippen LogP contribution in [0.2, 0.25) is 0 Å². The third kappa shape index (κ3) is 2.68. The lowest BCUT2D eigenvalue weighted by molar-refractivity contribution is -0.0141. The smallest absolute Gasteiger partial charge is 0.0573 e. The van der Waals surface area contributed by atoms with Crippen molar-refractivity contribution in [1.29, 1.82) is 0 Å². The van der Waals surface area contributed by atoms with E-state index in [9.17, 15) is 5.11 Å². The van der Waals surface area contributed by atoms with E-state index in [1.54, 1.807) is 0 Å². The second-order valence-electron chi connectivity index (χ2n) is 6.13. The molecular weight excluding hydrogens is 212 g/mol. The van der Waals surface area contributed by atoms with Gasteiger partial charge in [0.15, 0.2) is 0 Å². The molecule has 2 heteroatoms. The highest BCUT2D eigenvalue weighted by Gasteiger charge is 2.53. The molecule has 2 nitrogen and oxygen atoms in total. The minimum absolute atomic E-state index is 0.0196. The molecule has 0 radical (unpaired) electrons. The minimum Gasteiger partial charge on any atom is -0.393 e. The molecule has 0 bridgehead atoms. The molecule has 0 saturated heterocycles. The molecule has 2 aliphatic rings. The highest BCUT2D eigenvalue weighted by atomic mass is 16.5. The molecule has 0 aromatic rings. The summed E-state index contributed by atoms with van der Waals surface area (Å²) in [5.74, 6) is 0.645. The molecule has 0 heterocycles. The Bertz CT molecular complexity index is 237. The quantitative estimate of drug-likeness (QED) is 0.690. The lowest BCUT2D eigenvalue weighted by Crippen LogP contribution is -2.40. The molecule has 100 valence electrons. The van der Waals surface area contributed by atoms with E-state index in [2.05, 4.69) is 6.92 Å². The van der Waals surface area contributed by atoms with Gasteiger partial charge in [-0.3, -0.25) is 0 Å². The van der Waals surface area contributed by atoms with E-state index in [1.807, 2.05) is 7.11 Å². The Hall–Kier alpha value is -0.0800. The summed E-state index contributed by atoms with van der Waals surface area (Å²) in [6.07, 6.45) is 11.7. The SMILES string of the molecule is CCC(CCCCC12CCC(O)C1CC2)OC. The number of hydrogen-bond donors (Lipinski definition) is 1. The summed E-state index contributed by atoms with van der Waals surface area (Å²) >= 11 is 0. The first-order valence-corrected chi connectivity index (χ1v) is 7.42. The summed E-state index contributed by atoms with van der Waals surface area (Å²) < 4.78 is 5.41. The van der Waals surface area contributed by atoms with Crippen molar-refractivity contribution >= 4 is 0 Å². The van der Waals surface area contributed by atoms with E-state index < -0.39 is 0 Å². The van der Waals surface area contributed by atoms with E-state index in [0.717, 1.165) is 12.8 Å². The number of rotatable bonds is 7. The van der Waals surface area contributed by atoms with E-state index in [1.165, 1.54) is 44.9 Å². The van der Waals surface area contributed by atoms with Crippen molar-refractivity contribution in [1.82, 2.24) is 0 Å². The summed E-state index contributed by atoms with van der Waals surface area (Å²) in [5.41, 5.74) is 0.550. The maximum atomic E-state index is 9.89. The summed E-state index contributed by atoms with van der Waals surface area (Å²) in [7, 11) is 1.82. The third-order valence-electron chi connectivity index (χ3n) is 5.38. The van der Waals surface area contributed by atoms with Crippen molar-refractivity contribution in [3.63, 3.8) is 0 Å². The van der Waals surface area contributed by atoms with Crippen LogP contribution in [0, 0.1) is 11.3 Å². The fraction of sp³-hybridized carbons (Fsp3) is 1.00. The number of aliphatic hydroxyl groups is 1. The topological polar surface area (TPSA) is 29.5 Å². The van der Waals surface area contributed by atoms with Gasteiger partial charge in [0.1, 0.15) is 0 Å². The van der Waals surface area contributed by atoms with Gasteiger partial charge < -0.3 is 9.84 Å². The Balaban J connectivity index is 1.66. The molecule has 17 heavy (non-hydrogen) atoms. The molecule has 0 aromatic heterocycles. The van der Waals surface area contributed by atoms with Crippen LogP contribution in [0.3, 0.4) is 0 Å². The lowest BCUT2D eigenvalue weighted by atomic mass is 9.59. The Kier molecular flexibility index (Phi) is 4.48. The van der Waals surface area contributed by atoms with Gasteiger partial charge in [-0.25, -0.2) is 0 Å². The first kappa shape index (κ1) is 13.4. The van der Waals surface area contributed by atoms with E-state index >= 15 is 0 Å². The fourth-order valence-corrected chi connectivity index (χ4v) is 4.04. The standard InChI is InChI=1S/C15H28O2/c1-3-12(17-2)6-4-5-9-15-10-7-13(15)14(16)8-11-15/h12-14,16H,3-11H2,1-2H3. The average Bonchev–Trinajstić information content (AvgIpc) is 2.51. The lowest BCUT2D eigenvalue weighted by Gasteiger charge is -2.46. The van der Waals surface area contributed by atoms with Crippen LogP contribution >= 0.6 is 0 Å². The fourth-order valence-electron chi connectivity index (χ4n) is 4.04. The van der Waals surface area contributed by atoms with Gasteiger partial charge in [0, 0.05) is 7.11 Å². The molecular formula is C15H28O2. The van der Waals surface area contributed by atoms with Crippen LogP contribution in [0.5, 0.6) is 0 Å². The molecule has 2 saturated carbocycles. The maximum Gasteiger partial charge on any atom is 0.0573 e. The predicted molar refractivity (Wildman–Crippen MR) is 70.0 cm³/mol. The molecule has 0 amide bonds. The second kappa shape index (κ2) is 5.71. The van der Waals surface area contributed by atoms with Crippen molar-refractivity contribution in [2.24, 2.45) is 11.3 Å². The van der Waals surface area contributed by atoms with Gasteiger partial charge >= 0.3 is 0 Å². The van der Waals surface area contributed by atoms with Crippen molar-refractivity contribution < 1.29 is 9.84 Å². The first-order chi connectivity index (χ1) is 8.22. The number of unbranched alkanes of at least 4 members (excludes halogenated alkanes) is 1. The highest BCUT2D eigenvalue weighted by Crippen LogP contribution is 2.60. The van der Waals surface area contributed by atoms with Crippen LogP contribution in [-0.2, 0) is 4.74 Å². The molecule has 1 N–H and O–H groups in total. The normalized spacial score (nSPS) is 37.6. The van der Waals surface area contributed by atoms with Crippen LogP contribution in [0.1, 0.15) is 64.7 Å². The average molecular weight is 240 g/mol. The summed E-state index contributed by atoms with van der Waals surface area (Å²) in [4.78, 5) is 0. The van der Waals surface area contributed by atoms with E-state index in [4.69, 9.17) is 4.74 Å². The molecule has 4 atom stereocenters. The summed E-state index contributed by atoms with van der Waals surface area (Å²) in [6.45, 7) is 2.20. The summed E-state index contributed by atoms with van der Waals surface area (Å²) in [5, 5.41) is 9.89. The number of aliphatic hydroxyl groups excluding tert-OH is 1. The monoisotopic (exact) mass is 240 g/mol. The molecule has 0 aliphatic heterocycles. The van der Waals surface area contributed by atoms with Crippen molar-refractivity contribution in [2.75, 3.05) is 7.11 Å². The van der Waals surface area contributed by atoms with Crippen LogP contribution in [0.25, 0.3) is 0 Å². The Labute approximate surface area is 106 Å². The molecule has 0 aromatic carbocycles. The second-order valence-corrected chi connectivity index (χ2v) is 6.13. The van der Waals surface area contributed by atoms with Crippen LogP contribution in [0.15, 0.2) is 0 Å². The number of fused-ring (bicyclic) bond motifs is 1. The largest absolute Gasteiger partial charge is 0.393 e. The van der Waals surface area contributed by atoms with Crippen LogP contribution in [-0.4, -0.2) is 24.4 Å². The third-order valence-corrected chi connectivity index (χ3v) is 5.38. The Morgan fingerprint density at radius 1 is 1.29 bits per heavy atom. The van der Waals surface area contributed by atoms with Crippen molar-refractivity contribution in [3.05, 3.63) is 0 Å². The zero-order chi connectivity index (χ0) is 12.3. The molecule has 2 rings (SSSR count). The number of methoxy groups -OCH3 is 1. The van der Waals surface area contributed by atoms with Gasteiger partial charge in [-0.1, -0.05) is 19.8 Å². The predicted octanol–water partition coefficient (Wildman–Crippen LogP) is 3.52. The minimum atomic E-state index is 0.0196. The number of hydrogen-bond acceptors (Lipinski definition) is 2. The molecule has 4 unspecified atom stereocenters.